The van der Waals surface area contributed by atoms with Crippen LogP contribution in [0.1, 0.15) is 19.4 Å². The summed E-state index contributed by atoms with van der Waals surface area (Å²) in [5.41, 5.74) is 0.810. The van der Waals surface area contributed by atoms with E-state index >= 15 is 0 Å². The number of carbonyl (C=O) groups excluding carboxylic acids is 1. The van der Waals surface area contributed by atoms with Gasteiger partial charge >= 0.3 is 0 Å². The van der Waals surface area contributed by atoms with Crippen LogP contribution in [0, 0.1) is 5.82 Å². The van der Waals surface area contributed by atoms with Crippen molar-refractivity contribution >= 4 is 29.3 Å². The molecule has 0 fully saturated rings. The Morgan fingerprint density at radius 3 is 2.73 bits per heavy atom. The Labute approximate surface area is 92.7 Å². The van der Waals surface area contributed by atoms with E-state index in [0.29, 0.717) is 10.6 Å². The molecule has 0 saturated heterocycles. The van der Waals surface area contributed by atoms with Gasteiger partial charge in [0.15, 0.2) is 0 Å². The van der Waals surface area contributed by atoms with Crippen LogP contribution in [-0.2, 0) is 4.79 Å². The first-order chi connectivity index (χ1) is 7.04. The van der Waals surface area contributed by atoms with Crippen LogP contribution in [0.5, 0.6) is 0 Å². The van der Waals surface area contributed by atoms with Crippen LogP contribution in [0.15, 0.2) is 18.2 Å². The first-order valence-corrected chi connectivity index (χ1v) is 4.81. The van der Waals surface area contributed by atoms with E-state index in [9.17, 15) is 9.18 Å². The molecule has 1 aromatic rings. The van der Waals surface area contributed by atoms with E-state index in [2.05, 4.69) is 5.32 Å². The maximum atomic E-state index is 13.3. The third-order valence-corrected chi connectivity index (χ3v) is 2.07. The second-order valence-corrected chi connectivity index (χ2v) is 3.44. The molecule has 0 spiro atoms. The van der Waals surface area contributed by atoms with E-state index in [1.54, 1.807) is 12.2 Å². The molecular formula is C11H11ClFNO. The van der Waals surface area contributed by atoms with Gasteiger partial charge in [-0.3, -0.25) is 4.79 Å². The Bertz CT molecular complexity index is 415. The van der Waals surface area contributed by atoms with Gasteiger partial charge in [0.2, 0.25) is 5.91 Å². The molecule has 2 nitrogen and oxygen atoms in total. The zero-order valence-electron chi connectivity index (χ0n) is 8.47. The van der Waals surface area contributed by atoms with Crippen molar-refractivity contribution in [2.75, 3.05) is 5.32 Å². The van der Waals surface area contributed by atoms with Gasteiger partial charge in [0.25, 0.3) is 0 Å². The summed E-state index contributed by atoms with van der Waals surface area (Å²) in [4.78, 5) is 10.8. The summed E-state index contributed by atoms with van der Waals surface area (Å²) in [5.74, 6) is -0.855. The van der Waals surface area contributed by atoms with Gasteiger partial charge in [0, 0.05) is 6.92 Å². The first-order valence-electron chi connectivity index (χ1n) is 4.44. The summed E-state index contributed by atoms with van der Waals surface area (Å²) in [6.07, 6.45) is 3.53. The highest BCUT2D eigenvalue weighted by Gasteiger charge is 2.07. The highest BCUT2D eigenvalue weighted by atomic mass is 35.5. The number of anilines is 1. The van der Waals surface area contributed by atoms with Crippen LogP contribution in [0.25, 0.3) is 6.08 Å². The van der Waals surface area contributed by atoms with E-state index < -0.39 is 5.82 Å². The number of benzene rings is 1. The highest BCUT2D eigenvalue weighted by molar-refractivity contribution is 6.32. The number of hydrogen-bond acceptors (Lipinski definition) is 1. The van der Waals surface area contributed by atoms with Crippen LogP contribution in [0.3, 0.4) is 0 Å². The fourth-order valence-corrected chi connectivity index (χ4v) is 1.37. The van der Waals surface area contributed by atoms with Crippen molar-refractivity contribution in [3.8, 4) is 0 Å². The van der Waals surface area contributed by atoms with Gasteiger partial charge in [0.05, 0.1) is 10.7 Å². The Hall–Kier alpha value is -1.35. The predicted molar refractivity (Wildman–Crippen MR) is 60.4 cm³/mol. The Morgan fingerprint density at radius 2 is 2.20 bits per heavy atom. The summed E-state index contributed by atoms with van der Waals surface area (Å²) >= 11 is 5.81. The molecule has 1 N–H and O–H groups in total. The molecule has 0 saturated carbocycles. The molecule has 1 amide bonds. The van der Waals surface area contributed by atoms with Crippen molar-refractivity contribution in [2.24, 2.45) is 0 Å². The fourth-order valence-electron chi connectivity index (χ4n) is 1.16. The largest absolute Gasteiger partial charge is 0.324 e. The molecular weight excluding hydrogens is 217 g/mol. The molecule has 80 valence electrons. The molecule has 0 bridgehead atoms. The van der Waals surface area contributed by atoms with Gasteiger partial charge in [-0.05, 0) is 24.6 Å². The standard InChI is InChI=1S/C11H11ClFNO/c1-3-4-8-5-11(14-7(2)15)10(13)6-9(8)12/h3-6H,1-2H3,(H,14,15)/b4-3+. The molecule has 0 radical (unpaired) electrons. The van der Waals surface area contributed by atoms with E-state index in [4.69, 9.17) is 11.6 Å². The summed E-state index contributed by atoms with van der Waals surface area (Å²) in [5, 5.41) is 2.71. The molecule has 0 aromatic heterocycles. The first kappa shape index (κ1) is 11.7. The van der Waals surface area contributed by atoms with Gasteiger partial charge in [-0.25, -0.2) is 4.39 Å². The average molecular weight is 228 g/mol. The minimum Gasteiger partial charge on any atom is -0.324 e. The Kier molecular flexibility index (Phi) is 3.86. The molecule has 1 aromatic carbocycles. The topological polar surface area (TPSA) is 29.1 Å². The molecule has 0 atom stereocenters. The maximum absolute atomic E-state index is 13.3. The highest BCUT2D eigenvalue weighted by Crippen LogP contribution is 2.25. The third-order valence-electron chi connectivity index (χ3n) is 1.74. The van der Waals surface area contributed by atoms with Crippen LogP contribution < -0.4 is 5.32 Å². The quantitative estimate of drug-likeness (QED) is 0.824. The minimum atomic E-state index is -0.538. The molecule has 0 unspecified atom stereocenters. The number of amides is 1. The Morgan fingerprint density at radius 1 is 1.53 bits per heavy atom. The average Bonchev–Trinajstić information content (AvgIpc) is 2.12. The van der Waals surface area contributed by atoms with Gasteiger partial charge < -0.3 is 5.32 Å². The fraction of sp³-hybridized carbons (Fsp3) is 0.182. The van der Waals surface area contributed by atoms with Crippen LogP contribution >= 0.6 is 11.6 Å². The van der Waals surface area contributed by atoms with Crippen molar-refractivity contribution in [1.82, 2.24) is 0 Å². The zero-order chi connectivity index (χ0) is 11.4. The van der Waals surface area contributed by atoms with Gasteiger partial charge in [0.1, 0.15) is 5.82 Å². The van der Waals surface area contributed by atoms with E-state index in [0.717, 1.165) is 0 Å². The van der Waals surface area contributed by atoms with Crippen molar-refractivity contribution < 1.29 is 9.18 Å². The molecule has 0 aliphatic carbocycles. The van der Waals surface area contributed by atoms with Crippen molar-refractivity contribution in [3.63, 3.8) is 0 Å². The molecule has 0 aliphatic rings. The van der Waals surface area contributed by atoms with E-state index in [1.165, 1.54) is 19.1 Å². The minimum absolute atomic E-state index is 0.139. The zero-order valence-corrected chi connectivity index (χ0v) is 9.23. The van der Waals surface area contributed by atoms with Crippen LogP contribution in [0.4, 0.5) is 10.1 Å². The molecule has 15 heavy (non-hydrogen) atoms. The molecule has 4 heteroatoms. The van der Waals surface area contributed by atoms with Crippen LogP contribution in [-0.4, -0.2) is 5.91 Å². The number of hydrogen-bond donors (Lipinski definition) is 1. The lowest BCUT2D eigenvalue weighted by atomic mass is 10.1. The second kappa shape index (κ2) is 4.94. The Balaban J connectivity index is 3.16. The van der Waals surface area contributed by atoms with E-state index in [-0.39, 0.29) is 11.6 Å². The lowest BCUT2D eigenvalue weighted by Gasteiger charge is -2.06. The third kappa shape index (κ3) is 3.06. The number of halogens is 2. The SMILES string of the molecule is C/C=C/c1cc(NC(C)=O)c(F)cc1Cl. The predicted octanol–water partition coefficient (Wildman–Crippen LogP) is 3.47. The second-order valence-electron chi connectivity index (χ2n) is 3.03. The van der Waals surface area contributed by atoms with E-state index in [1.807, 2.05) is 6.92 Å². The summed E-state index contributed by atoms with van der Waals surface area (Å²) < 4.78 is 13.3. The van der Waals surface area contributed by atoms with Gasteiger partial charge in [-0.15, -0.1) is 0 Å². The van der Waals surface area contributed by atoms with Crippen molar-refractivity contribution in [2.45, 2.75) is 13.8 Å². The molecule has 0 heterocycles. The van der Waals surface area contributed by atoms with Gasteiger partial charge in [-0.2, -0.15) is 0 Å². The van der Waals surface area contributed by atoms with Gasteiger partial charge in [-0.1, -0.05) is 23.8 Å². The lowest BCUT2D eigenvalue weighted by Crippen LogP contribution is -2.07. The summed E-state index contributed by atoms with van der Waals surface area (Å²) in [6.45, 7) is 3.15. The van der Waals surface area contributed by atoms with Crippen molar-refractivity contribution in [1.29, 1.82) is 0 Å². The number of carbonyl (C=O) groups is 1. The number of nitrogens with one attached hydrogen (secondary N) is 1. The lowest BCUT2D eigenvalue weighted by molar-refractivity contribution is -0.114. The van der Waals surface area contributed by atoms with Crippen LogP contribution in [0.2, 0.25) is 5.02 Å². The molecule has 1 rings (SSSR count). The monoisotopic (exact) mass is 227 g/mol. The van der Waals surface area contributed by atoms with Crippen molar-refractivity contribution in [3.05, 3.63) is 34.6 Å². The number of rotatable bonds is 2. The number of allylic oxidation sites excluding steroid dienone is 1. The summed E-state index contributed by atoms with van der Waals surface area (Å²) in [6, 6.07) is 2.68. The summed E-state index contributed by atoms with van der Waals surface area (Å²) in [7, 11) is 0. The normalized spacial score (nSPS) is 10.7. The maximum Gasteiger partial charge on any atom is 0.221 e. The smallest absolute Gasteiger partial charge is 0.221 e. The molecule has 0 aliphatic heterocycles.